The van der Waals surface area contributed by atoms with Crippen LogP contribution in [-0.4, -0.2) is 27.5 Å². The molecule has 0 saturated carbocycles. The van der Waals surface area contributed by atoms with Crippen molar-refractivity contribution in [1.29, 1.82) is 0 Å². The molecule has 0 aliphatic heterocycles. The molecule has 0 unspecified atom stereocenters. The van der Waals surface area contributed by atoms with Crippen molar-refractivity contribution in [1.82, 2.24) is 4.72 Å². The molecule has 0 bridgehead atoms. The first kappa shape index (κ1) is 22.5. The predicted molar refractivity (Wildman–Crippen MR) is 122 cm³/mol. The van der Waals surface area contributed by atoms with Gasteiger partial charge < -0.3 is 10.1 Å². The summed E-state index contributed by atoms with van der Waals surface area (Å²) in [6.45, 7) is 2.82. The summed E-state index contributed by atoms with van der Waals surface area (Å²) in [5, 5.41) is 2.78. The molecule has 0 atom stereocenters. The van der Waals surface area contributed by atoms with Crippen molar-refractivity contribution in [3.05, 3.63) is 90.0 Å². The zero-order valence-corrected chi connectivity index (χ0v) is 18.2. The fourth-order valence-electron chi connectivity index (χ4n) is 2.97. The molecule has 2 N–H and O–H groups in total. The van der Waals surface area contributed by atoms with Crippen LogP contribution in [0.4, 0.5) is 5.69 Å². The summed E-state index contributed by atoms with van der Waals surface area (Å²) in [6, 6.07) is 22.8. The maximum absolute atomic E-state index is 12.6. The third-order valence-corrected chi connectivity index (χ3v) is 6.04. The van der Waals surface area contributed by atoms with Crippen molar-refractivity contribution < 1.29 is 17.9 Å². The first-order valence-corrected chi connectivity index (χ1v) is 11.6. The Kier molecular flexibility index (Phi) is 7.81. The topological polar surface area (TPSA) is 84.5 Å². The van der Waals surface area contributed by atoms with Crippen LogP contribution in [0.1, 0.15) is 29.3 Å². The number of para-hydroxylation sites is 1. The number of ether oxygens (including phenoxy) is 1. The van der Waals surface area contributed by atoms with Crippen molar-refractivity contribution in [2.24, 2.45) is 0 Å². The molecule has 0 aliphatic rings. The molecule has 3 rings (SSSR count). The average molecular weight is 439 g/mol. The van der Waals surface area contributed by atoms with E-state index in [9.17, 15) is 13.2 Å². The quantitative estimate of drug-likeness (QED) is 0.496. The van der Waals surface area contributed by atoms with Crippen LogP contribution in [0.15, 0.2) is 83.8 Å². The van der Waals surface area contributed by atoms with Gasteiger partial charge >= 0.3 is 0 Å². The van der Waals surface area contributed by atoms with Crippen LogP contribution in [0.5, 0.6) is 5.75 Å². The minimum absolute atomic E-state index is 0.144. The molecule has 0 radical (unpaired) electrons. The Hall–Kier alpha value is -3.16. The number of hydrogen-bond donors (Lipinski definition) is 2. The van der Waals surface area contributed by atoms with Gasteiger partial charge in [0.1, 0.15) is 5.75 Å². The Labute approximate surface area is 183 Å². The average Bonchev–Trinajstić information content (AvgIpc) is 2.79. The van der Waals surface area contributed by atoms with Crippen LogP contribution in [0.2, 0.25) is 0 Å². The normalized spacial score (nSPS) is 11.1. The molecule has 6 nitrogen and oxygen atoms in total. The van der Waals surface area contributed by atoms with Crippen molar-refractivity contribution in [3.63, 3.8) is 0 Å². The second-order valence-corrected chi connectivity index (χ2v) is 8.72. The second kappa shape index (κ2) is 10.7. The molecule has 31 heavy (non-hydrogen) atoms. The second-order valence-electron chi connectivity index (χ2n) is 6.96. The van der Waals surface area contributed by atoms with E-state index in [1.165, 1.54) is 12.1 Å². The third-order valence-electron chi connectivity index (χ3n) is 4.56. The molecular formula is C24H26N2O4S. The van der Waals surface area contributed by atoms with Gasteiger partial charge in [-0.25, -0.2) is 13.1 Å². The monoisotopic (exact) mass is 438 g/mol. The number of amides is 1. The highest BCUT2D eigenvalue weighted by molar-refractivity contribution is 7.89. The SMILES string of the molecule is CCCOc1ccccc1C(=O)Nc1ccc(S(=O)(=O)NCCc2ccccc2)cc1. The first-order chi connectivity index (χ1) is 15.0. The van der Waals surface area contributed by atoms with E-state index in [0.29, 0.717) is 36.6 Å². The Balaban J connectivity index is 1.61. The number of rotatable bonds is 10. The number of carbonyl (C=O) groups is 1. The van der Waals surface area contributed by atoms with Gasteiger partial charge in [-0.3, -0.25) is 4.79 Å². The van der Waals surface area contributed by atoms with Crippen LogP contribution in [-0.2, 0) is 16.4 Å². The lowest BCUT2D eigenvalue weighted by Crippen LogP contribution is -2.26. The van der Waals surface area contributed by atoms with Crippen molar-refractivity contribution in [2.75, 3.05) is 18.5 Å². The molecule has 0 aromatic heterocycles. The highest BCUT2D eigenvalue weighted by atomic mass is 32.2. The van der Waals surface area contributed by atoms with E-state index in [-0.39, 0.29) is 10.8 Å². The van der Waals surface area contributed by atoms with Gasteiger partial charge in [0.05, 0.1) is 17.1 Å². The van der Waals surface area contributed by atoms with E-state index in [4.69, 9.17) is 4.74 Å². The van der Waals surface area contributed by atoms with Gasteiger partial charge in [-0.1, -0.05) is 49.4 Å². The molecule has 0 fully saturated rings. The van der Waals surface area contributed by atoms with Crippen LogP contribution in [0.25, 0.3) is 0 Å². The Morgan fingerprint density at radius 1 is 0.903 bits per heavy atom. The molecule has 3 aromatic carbocycles. The van der Waals surface area contributed by atoms with E-state index in [2.05, 4.69) is 10.0 Å². The van der Waals surface area contributed by atoms with E-state index in [1.807, 2.05) is 43.3 Å². The fourth-order valence-corrected chi connectivity index (χ4v) is 4.00. The maximum Gasteiger partial charge on any atom is 0.259 e. The van der Waals surface area contributed by atoms with Gasteiger partial charge in [-0.2, -0.15) is 0 Å². The molecule has 162 valence electrons. The number of benzene rings is 3. The molecule has 0 aliphatic carbocycles. The van der Waals surface area contributed by atoms with Crippen LogP contribution in [0, 0.1) is 0 Å². The summed E-state index contributed by atoms with van der Waals surface area (Å²) >= 11 is 0. The number of carbonyl (C=O) groups excluding carboxylic acids is 1. The lowest BCUT2D eigenvalue weighted by molar-refractivity contribution is 0.102. The Morgan fingerprint density at radius 3 is 2.29 bits per heavy atom. The number of hydrogen-bond acceptors (Lipinski definition) is 4. The maximum atomic E-state index is 12.6. The molecule has 0 saturated heterocycles. The van der Waals surface area contributed by atoms with Crippen molar-refractivity contribution >= 4 is 21.6 Å². The van der Waals surface area contributed by atoms with Crippen LogP contribution >= 0.6 is 0 Å². The first-order valence-electron chi connectivity index (χ1n) is 10.2. The molecule has 0 heterocycles. The Morgan fingerprint density at radius 2 is 1.58 bits per heavy atom. The molecule has 7 heteroatoms. The van der Waals surface area contributed by atoms with E-state index in [1.54, 1.807) is 30.3 Å². The van der Waals surface area contributed by atoms with Gasteiger partial charge in [0.2, 0.25) is 10.0 Å². The summed E-state index contributed by atoms with van der Waals surface area (Å²) in [4.78, 5) is 12.8. The Bertz CT molecular complexity index is 1100. The van der Waals surface area contributed by atoms with Gasteiger partial charge in [-0.15, -0.1) is 0 Å². The molecule has 1 amide bonds. The summed E-state index contributed by atoms with van der Waals surface area (Å²) in [5.41, 5.74) is 1.99. The zero-order chi connectivity index (χ0) is 22.1. The molecule has 3 aromatic rings. The third kappa shape index (κ3) is 6.41. The van der Waals surface area contributed by atoms with Gasteiger partial charge in [0, 0.05) is 12.2 Å². The summed E-state index contributed by atoms with van der Waals surface area (Å²) < 4.78 is 33.3. The minimum atomic E-state index is -3.63. The van der Waals surface area contributed by atoms with E-state index in [0.717, 1.165) is 12.0 Å². The number of anilines is 1. The predicted octanol–water partition coefficient (Wildman–Crippen LogP) is 4.25. The van der Waals surface area contributed by atoms with Gasteiger partial charge in [0.25, 0.3) is 5.91 Å². The number of sulfonamides is 1. The van der Waals surface area contributed by atoms with Gasteiger partial charge in [-0.05, 0) is 54.8 Å². The zero-order valence-electron chi connectivity index (χ0n) is 17.4. The van der Waals surface area contributed by atoms with Crippen LogP contribution < -0.4 is 14.8 Å². The molecule has 0 spiro atoms. The smallest absolute Gasteiger partial charge is 0.259 e. The standard InChI is InChI=1S/C24H26N2O4S/c1-2-18-30-23-11-7-6-10-22(23)24(27)26-20-12-14-21(15-13-20)31(28,29)25-17-16-19-8-4-3-5-9-19/h3-15,25H,2,16-18H2,1H3,(H,26,27). The lowest BCUT2D eigenvalue weighted by Gasteiger charge is -2.12. The van der Waals surface area contributed by atoms with Gasteiger partial charge in [0.15, 0.2) is 0 Å². The fraction of sp³-hybridized carbons (Fsp3) is 0.208. The van der Waals surface area contributed by atoms with Crippen molar-refractivity contribution in [3.8, 4) is 5.75 Å². The minimum Gasteiger partial charge on any atom is -0.493 e. The highest BCUT2D eigenvalue weighted by Gasteiger charge is 2.15. The molecular weight excluding hydrogens is 412 g/mol. The van der Waals surface area contributed by atoms with Crippen molar-refractivity contribution in [2.45, 2.75) is 24.7 Å². The van der Waals surface area contributed by atoms with E-state index < -0.39 is 10.0 Å². The summed E-state index contributed by atoms with van der Waals surface area (Å²) in [7, 11) is -3.63. The summed E-state index contributed by atoms with van der Waals surface area (Å²) in [6.07, 6.45) is 1.44. The van der Waals surface area contributed by atoms with E-state index >= 15 is 0 Å². The summed E-state index contributed by atoms with van der Waals surface area (Å²) in [5.74, 6) is 0.201. The number of nitrogens with one attached hydrogen (secondary N) is 2. The highest BCUT2D eigenvalue weighted by Crippen LogP contribution is 2.21. The largest absolute Gasteiger partial charge is 0.493 e. The lowest BCUT2D eigenvalue weighted by atomic mass is 10.2. The van der Waals surface area contributed by atoms with Crippen LogP contribution in [0.3, 0.4) is 0 Å².